The van der Waals surface area contributed by atoms with Crippen molar-refractivity contribution in [1.29, 1.82) is 0 Å². The Hall–Kier alpha value is -0.500. The molecule has 1 aliphatic heterocycles. The van der Waals surface area contributed by atoms with Crippen molar-refractivity contribution in [3.05, 3.63) is 12.3 Å². The van der Waals surface area contributed by atoms with Gasteiger partial charge in [0.2, 0.25) is 0 Å². The van der Waals surface area contributed by atoms with E-state index in [0.717, 1.165) is 5.76 Å². The highest BCUT2D eigenvalue weighted by atomic mass is 16.6. The molecule has 2 heteroatoms. The van der Waals surface area contributed by atoms with Crippen LogP contribution in [0.2, 0.25) is 0 Å². The fraction of sp³-hybridized carbons (Fsp3) is 0.714. The second-order valence-electron chi connectivity index (χ2n) is 2.89. The third-order valence-electron chi connectivity index (χ3n) is 1.13. The standard InChI is InChI=1S/C7H12O2/c1-6-4-8-5-7(2,3)9-6/h1,4-5H2,2-3H3. The van der Waals surface area contributed by atoms with Crippen LogP contribution in [0, 0.1) is 0 Å². The number of hydrogen-bond acceptors (Lipinski definition) is 2. The van der Waals surface area contributed by atoms with E-state index >= 15 is 0 Å². The SMILES string of the molecule is C=C1COCC(C)(C)O1. The minimum atomic E-state index is -0.171. The minimum absolute atomic E-state index is 0.171. The molecule has 0 atom stereocenters. The summed E-state index contributed by atoms with van der Waals surface area (Å²) in [5, 5.41) is 0. The first kappa shape index (κ1) is 6.62. The van der Waals surface area contributed by atoms with Crippen LogP contribution in [0.1, 0.15) is 13.8 Å². The summed E-state index contributed by atoms with van der Waals surface area (Å²) in [7, 11) is 0. The van der Waals surface area contributed by atoms with Crippen LogP contribution in [0.5, 0.6) is 0 Å². The van der Waals surface area contributed by atoms with Crippen LogP contribution in [0.4, 0.5) is 0 Å². The van der Waals surface area contributed by atoms with Gasteiger partial charge in [-0.3, -0.25) is 0 Å². The quantitative estimate of drug-likeness (QED) is 0.490. The third kappa shape index (κ3) is 1.72. The summed E-state index contributed by atoms with van der Waals surface area (Å²) >= 11 is 0. The molecule has 1 rings (SSSR count). The lowest BCUT2D eigenvalue weighted by Crippen LogP contribution is -2.35. The molecule has 0 aliphatic carbocycles. The van der Waals surface area contributed by atoms with Crippen LogP contribution in [0.15, 0.2) is 12.3 Å². The summed E-state index contributed by atoms with van der Waals surface area (Å²) in [6.45, 7) is 8.83. The summed E-state index contributed by atoms with van der Waals surface area (Å²) in [5.41, 5.74) is -0.171. The molecule has 1 aliphatic rings. The third-order valence-corrected chi connectivity index (χ3v) is 1.13. The molecule has 52 valence electrons. The second kappa shape index (κ2) is 2.03. The summed E-state index contributed by atoms with van der Waals surface area (Å²) in [6.07, 6.45) is 0. The van der Waals surface area contributed by atoms with Gasteiger partial charge < -0.3 is 9.47 Å². The first-order valence-corrected chi connectivity index (χ1v) is 3.05. The predicted molar refractivity (Wildman–Crippen MR) is 35.1 cm³/mol. The maximum absolute atomic E-state index is 5.35. The molecule has 0 spiro atoms. The minimum Gasteiger partial charge on any atom is -0.488 e. The van der Waals surface area contributed by atoms with Crippen molar-refractivity contribution in [3.8, 4) is 0 Å². The molecule has 0 saturated carbocycles. The van der Waals surface area contributed by atoms with Crippen molar-refractivity contribution in [2.45, 2.75) is 19.4 Å². The van der Waals surface area contributed by atoms with Gasteiger partial charge in [0.25, 0.3) is 0 Å². The van der Waals surface area contributed by atoms with Crippen LogP contribution >= 0.6 is 0 Å². The summed E-state index contributed by atoms with van der Waals surface area (Å²) in [4.78, 5) is 0. The zero-order valence-corrected chi connectivity index (χ0v) is 5.94. The van der Waals surface area contributed by atoms with Crippen molar-refractivity contribution in [3.63, 3.8) is 0 Å². The van der Waals surface area contributed by atoms with Crippen LogP contribution in [0.25, 0.3) is 0 Å². The molecule has 1 saturated heterocycles. The Morgan fingerprint density at radius 2 is 2.22 bits per heavy atom. The van der Waals surface area contributed by atoms with E-state index in [9.17, 15) is 0 Å². The Labute approximate surface area is 55.5 Å². The van der Waals surface area contributed by atoms with Crippen molar-refractivity contribution >= 4 is 0 Å². The molecule has 0 amide bonds. The van der Waals surface area contributed by atoms with Gasteiger partial charge in [0.1, 0.15) is 18.0 Å². The van der Waals surface area contributed by atoms with Gasteiger partial charge >= 0.3 is 0 Å². The molecular weight excluding hydrogens is 116 g/mol. The summed E-state index contributed by atoms with van der Waals surface area (Å²) in [6, 6.07) is 0. The average molecular weight is 128 g/mol. The van der Waals surface area contributed by atoms with E-state index in [-0.39, 0.29) is 5.60 Å². The highest BCUT2D eigenvalue weighted by Crippen LogP contribution is 2.18. The second-order valence-corrected chi connectivity index (χ2v) is 2.89. The van der Waals surface area contributed by atoms with Crippen molar-refractivity contribution in [2.24, 2.45) is 0 Å². The van der Waals surface area contributed by atoms with Crippen molar-refractivity contribution in [2.75, 3.05) is 13.2 Å². The number of ether oxygens (including phenoxy) is 2. The lowest BCUT2D eigenvalue weighted by Gasteiger charge is -2.31. The predicted octanol–water partition coefficient (Wildman–Crippen LogP) is 1.33. The Bertz CT molecular complexity index is 127. The zero-order valence-electron chi connectivity index (χ0n) is 5.94. The van der Waals surface area contributed by atoms with Gasteiger partial charge in [-0.2, -0.15) is 0 Å². The molecule has 1 heterocycles. The van der Waals surface area contributed by atoms with Gasteiger partial charge in [-0.25, -0.2) is 0 Å². The van der Waals surface area contributed by atoms with Crippen LogP contribution in [-0.2, 0) is 9.47 Å². The largest absolute Gasteiger partial charge is 0.488 e. The van der Waals surface area contributed by atoms with Gasteiger partial charge in [0, 0.05) is 0 Å². The van der Waals surface area contributed by atoms with Gasteiger partial charge in [-0.05, 0) is 13.8 Å². The average Bonchev–Trinajstić information content (AvgIpc) is 1.60. The Kier molecular flexibility index (Phi) is 1.49. The van der Waals surface area contributed by atoms with E-state index in [2.05, 4.69) is 6.58 Å². The topological polar surface area (TPSA) is 18.5 Å². The lowest BCUT2D eigenvalue weighted by atomic mass is 10.1. The number of rotatable bonds is 0. The molecule has 0 aromatic carbocycles. The monoisotopic (exact) mass is 128 g/mol. The summed E-state index contributed by atoms with van der Waals surface area (Å²) in [5.74, 6) is 0.728. The summed E-state index contributed by atoms with van der Waals surface area (Å²) < 4.78 is 10.5. The van der Waals surface area contributed by atoms with Crippen LogP contribution in [-0.4, -0.2) is 18.8 Å². The van der Waals surface area contributed by atoms with Crippen molar-refractivity contribution in [1.82, 2.24) is 0 Å². The van der Waals surface area contributed by atoms with E-state index in [4.69, 9.17) is 9.47 Å². The molecular formula is C7H12O2. The smallest absolute Gasteiger partial charge is 0.126 e. The Morgan fingerprint density at radius 3 is 2.56 bits per heavy atom. The molecule has 1 fully saturated rings. The van der Waals surface area contributed by atoms with Gasteiger partial charge in [0.15, 0.2) is 0 Å². The Morgan fingerprint density at radius 1 is 1.56 bits per heavy atom. The lowest BCUT2D eigenvalue weighted by molar-refractivity contribution is -0.0953. The molecule has 9 heavy (non-hydrogen) atoms. The molecule has 0 N–H and O–H groups in total. The molecule has 0 unspecified atom stereocenters. The van der Waals surface area contributed by atoms with E-state index in [1.54, 1.807) is 0 Å². The van der Waals surface area contributed by atoms with Crippen LogP contribution < -0.4 is 0 Å². The molecule has 0 radical (unpaired) electrons. The maximum atomic E-state index is 5.35. The first-order valence-electron chi connectivity index (χ1n) is 3.05. The highest BCUT2D eigenvalue weighted by molar-refractivity contribution is 4.90. The fourth-order valence-electron chi connectivity index (χ4n) is 0.860. The van der Waals surface area contributed by atoms with E-state index in [0.29, 0.717) is 13.2 Å². The normalized spacial score (nSPS) is 25.3. The van der Waals surface area contributed by atoms with Crippen molar-refractivity contribution < 1.29 is 9.47 Å². The molecule has 2 nitrogen and oxygen atoms in total. The molecule has 0 aromatic heterocycles. The first-order chi connectivity index (χ1) is 4.10. The van der Waals surface area contributed by atoms with Gasteiger partial charge in [-0.15, -0.1) is 0 Å². The zero-order chi connectivity index (χ0) is 6.91. The molecule has 0 aromatic rings. The Balaban J connectivity index is 2.51. The fourth-order valence-corrected chi connectivity index (χ4v) is 0.860. The molecule has 0 bridgehead atoms. The highest BCUT2D eigenvalue weighted by Gasteiger charge is 2.24. The van der Waals surface area contributed by atoms with E-state index in [1.165, 1.54) is 0 Å². The maximum Gasteiger partial charge on any atom is 0.126 e. The number of hydrogen-bond donors (Lipinski definition) is 0. The van der Waals surface area contributed by atoms with Crippen LogP contribution in [0.3, 0.4) is 0 Å². The van der Waals surface area contributed by atoms with E-state index in [1.807, 2.05) is 13.8 Å². The van der Waals surface area contributed by atoms with E-state index < -0.39 is 0 Å². The van der Waals surface area contributed by atoms with Gasteiger partial charge in [0.05, 0.1) is 6.61 Å². The van der Waals surface area contributed by atoms with Gasteiger partial charge in [-0.1, -0.05) is 6.58 Å².